The Balaban J connectivity index is 2.07. The summed E-state index contributed by atoms with van der Waals surface area (Å²) in [4.78, 5) is 2.13. The molecule has 1 aromatic carbocycles. The SMILES string of the molecule is FC(F)(F)c1ccccc1C(c1ccsc1)N1CCNCC1. The van der Waals surface area contributed by atoms with Crippen molar-refractivity contribution in [1.29, 1.82) is 0 Å². The smallest absolute Gasteiger partial charge is 0.314 e. The minimum absolute atomic E-state index is 0.342. The van der Waals surface area contributed by atoms with Gasteiger partial charge in [0.2, 0.25) is 0 Å². The van der Waals surface area contributed by atoms with Crippen LogP contribution in [0, 0.1) is 0 Å². The third-order valence-corrected chi connectivity index (χ3v) is 4.64. The second kappa shape index (κ2) is 6.40. The molecule has 0 bridgehead atoms. The van der Waals surface area contributed by atoms with Crippen molar-refractivity contribution in [2.45, 2.75) is 12.2 Å². The highest BCUT2D eigenvalue weighted by atomic mass is 32.1. The number of rotatable bonds is 3. The van der Waals surface area contributed by atoms with Crippen LogP contribution in [0.1, 0.15) is 22.7 Å². The van der Waals surface area contributed by atoms with E-state index < -0.39 is 11.7 Å². The lowest BCUT2D eigenvalue weighted by atomic mass is 9.94. The number of benzene rings is 1. The van der Waals surface area contributed by atoms with Crippen LogP contribution in [0.4, 0.5) is 13.2 Å². The molecule has 1 aliphatic rings. The maximum atomic E-state index is 13.4. The summed E-state index contributed by atoms with van der Waals surface area (Å²) < 4.78 is 40.2. The maximum Gasteiger partial charge on any atom is 0.416 e. The lowest BCUT2D eigenvalue weighted by Crippen LogP contribution is -2.45. The molecule has 1 aliphatic heterocycles. The van der Waals surface area contributed by atoms with Crippen molar-refractivity contribution in [2.24, 2.45) is 0 Å². The predicted molar refractivity (Wildman–Crippen MR) is 82.0 cm³/mol. The van der Waals surface area contributed by atoms with Gasteiger partial charge in [0.1, 0.15) is 0 Å². The Morgan fingerprint density at radius 2 is 1.82 bits per heavy atom. The quantitative estimate of drug-likeness (QED) is 0.924. The molecular formula is C16H17F3N2S. The molecule has 2 heterocycles. The fourth-order valence-electron chi connectivity index (χ4n) is 2.95. The summed E-state index contributed by atoms with van der Waals surface area (Å²) in [6, 6.07) is 7.50. The minimum atomic E-state index is -4.33. The Hall–Kier alpha value is -1.37. The molecule has 0 saturated carbocycles. The van der Waals surface area contributed by atoms with Gasteiger partial charge in [0, 0.05) is 26.2 Å². The number of hydrogen-bond acceptors (Lipinski definition) is 3. The lowest BCUT2D eigenvalue weighted by molar-refractivity contribution is -0.138. The van der Waals surface area contributed by atoms with E-state index in [2.05, 4.69) is 10.2 Å². The van der Waals surface area contributed by atoms with Gasteiger partial charge >= 0.3 is 6.18 Å². The van der Waals surface area contributed by atoms with E-state index in [9.17, 15) is 13.2 Å². The molecule has 2 nitrogen and oxygen atoms in total. The first-order valence-electron chi connectivity index (χ1n) is 7.20. The molecule has 1 saturated heterocycles. The van der Waals surface area contributed by atoms with Crippen LogP contribution in [0.5, 0.6) is 0 Å². The molecule has 3 rings (SSSR count). The van der Waals surface area contributed by atoms with Crippen molar-refractivity contribution in [3.8, 4) is 0 Å². The second-order valence-corrected chi connectivity index (χ2v) is 6.11. The van der Waals surface area contributed by atoms with E-state index in [1.165, 1.54) is 23.5 Å². The number of alkyl halides is 3. The van der Waals surface area contributed by atoms with E-state index >= 15 is 0 Å². The van der Waals surface area contributed by atoms with Crippen LogP contribution < -0.4 is 5.32 Å². The van der Waals surface area contributed by atoms with Crippen molar-refractivity contribution >= 4 is 11.3 Å². The Bertz CT molecular complexity index is 604. The summed E-state index contributed by atoms with van der Waals surface area (Å²) in [6.45, 7) is 3.09. The van der Waals surface area contributed by atoms with E-state index in [0.717, 1.165) is 31.7 Å². The maximum absolute atomic E-state index is 13.4. The zero-order chi connectivity index (χ0) is 15.6. The summed E-state index contributed by atoms with van der Waals surface area (Å²) in [6.07, 6.45) is -4.33. The van der Waals surface area contributed by atoms with Gasteiger partial charge < -0.3 is 5.32 Å². The normalized spacial score (nSPS) is 18.3. The van der Waals surface area contributed by atoms with Crippen molar-refractivity contribution in [3.63, 3.8) is 0 Å². The van der Waals surface area contributed by atoms with Crippen molar-refractivity contribution in [2.75, 3.05) is 26.2 Å². The molecule has 1 N–H and O–H groups in total. The highest BCUT2D eigenvalue weighted by molar-refractivity contribution is 7.08. The van der Waals surface area contributed by atoms with Crippen LogP contribution in [-0.4, -0.2) is 31.1 Å². The zero-order valence-corrected chi connectivity index (χ0v) is 12.8. The van der Waals surface area contributed by atoms with Crippen LogP contribution in [0.3, 0.4) is 0 Å². The molecular weight excluding hydrogens is 309 g/mol. The molecule has 1 unspecified atom stereocenters. The molecule has 0 spiro atoms. The first-order valence-corrected chi connectivity index (χ1v) is 8.14. The van der Waals surface area contributed by atoms with Gasteiger partial charge in [-0.2, -0.15) is 24.5 Å². The van der Waals surface area contributed by atoms with Crippen LogP contribution in [0.25, 0.3) is 0 Å². The van der Waals surface area contributed by atoms with Gasteiger partial charge in [-0.3, -0.25) is 4.90 Å². The van der Waals surface area contributed by atoms with Gasteiger partial charge in [-0.25, -0.2) is 0 Å². The van der Waals surface area contributed by atoms with Crippen LogP contribution >= 0.6 is 11.3 Å². The third-order valence-electron chi connectivity index (χ3n) is 3.94. The fraction of sp³-hybridized carbons (Fsp3) is 0.375. The van der Waals surface area contributed by atoms with Crippen molar-refractivity contribution in [3.05, 3.63) is 57.8 Å². The summed E-state index contributed by atoms with van der Waals surface area (Å²) in [7, 11) is 0. The first kappa shape index (κ1) is 15.5. The van der Waals surface area contributed by atoms with Crippen LogP contribution in [0.2, 0.25) is 0 Å². The fourth-order valence-corrected chi connectivity index (χ4v) is 3.63. The molecule has 0 aliphatic carbocycles. The van der Waals surface area contributed by atoms with E-state index in [1.54, 1.807) is 12.1 Å². The summed E-state index contributed by atoms with van der Waals surface area (Å²) >= 11 is 1.52. The van der Waals surface area contributed by atoms with Gasteiger partial charge in [0.15, 0.2) is 0 Å². The largest absolute Gasteiger partial charge is 0.416 e. The third kappa shape index (κ3) is 3.19. The highest BCUT2D eigenvalue weighted by Gasteiger charge is 2.37. The Morgan fingerprint density at radius 1 is 1.09 bits per heavy atom. The standard InChI is InChI=1S/C16H17F3N2S/c17-16(18,19)14-4-2-1-3-13(14)15(12-5-10-22-11-12)21-8-6-20-7-9-21/h1-5,10-11,15,20H,6-9H2. The van der Waals surface area contributed by atoms with Crippen molar-refractivity contribution in [1.82, 2.24) is 10.2 Å². The number of piperazine rings is 1. The molecule has 2 aromatic rings. The second-order valence-electron chi connectivity index (χ2n) is 5.33. The van der Waals surface area contributed by atoms with Gasteiger partial charge in [-0.1, -0.05) is 18.2 Å². The number of nitrogens with one attached hydrogen (secondary N) is 1. The van der Waals surface area contributed by atoms with Gasteiger partial charge in [-0.05, 0) is 34.0 Å². The van der Waals surface area contributed by atoms with Gasteiger partial charge in [0.05, 0.1) is 11.6 Å². The van der Waals surface area contributed by atoms with E-state index in [4.69, 9.17) is 0 Å². The predicted octanol–water partition coefficient (Wildman–Crippen LogP) is 3.76. The van der Waals surface area contributed by atoms with E-state index in [0.29, 0.717) is 5.56 Å². The Kier molecular flexibility index (Phi) is 4.52. The number of thiophene rings is 1. The Morgan fingerprint density at radius 3 is 2.45 bits per heavy atom. The average molecular weight is 326 g/mol. The molecule has 0 radical (unpaired) electrons. The Labute approximate surface area is 131 Å². The number of hydrogen-bond donors (Lipinski definition) is 1. The molecule has 22 heavy (non-hydrogen) atoms. The molecule has 6 heteroatoms. The van der Waals surface area contributed by atoms with E-state index in [-0.39, 0.29) is 6.04 Å². The van der Waals surface area contributed by atoms with E-state index in [1.807, 2.05) is 16.8 Å². The molecule has 0 amide bonds. The van der Waals surface area contributed by atoms with Crippen LogP contribution in [0.15, 0.2) is 41.1 Å². The summed E-state index contributed by atoms with van der Waals surface area (Å²) in [5.41, 5.74) is 0.739. The monoisotopic (exact) mass is 326 g/mol. The number of halogens is 3. The minimum Gasteiger partial charge on any atom is -0.314 e. The number of nitrogens with zero attached hydrogens (tertiary/aromatic N) is 1. The topological polar surface area (TPSA) is 15.3 Å². The summed E-state index contributed by atoms with van der Waals surface area (Å²) in [5.74, 6) is 0. The molecule has 1 fully saturated rings. The van der Waals surface area contributed by atoms with Crippen LogP contribution in [-0.2, 0) is 6.18 Å². The highest BCUT2D eigenvalue weighted by Crippen LogP contribution is 2.39. The first-order chi connectivity index (χ1) is 10.6. The molecule has 1 aromatic heterocycles. The lowest BCUT2D eigenvalue weighted by Gasteiger charge is -2.36. The molecule has 118 valence electrons. The van der Waals surface area contributed by atoms with Crippen molar-refractivity contribution < 1.29 is 13.2 Å². The molecule has 1 atom stereocenters. The van der Waals surface area contributed by atoms with Gasteiger partial charge in [-0.15, -0.1) is 0 Å². The zero-order valence-electron chi connectivity index (χ0n) is 11.9. The van der Waals surface area contributed by atoms with Gasteiger partial charge in [0.25, 0.3) is 0 Å². The summed E-state index contributed by atoms with van der Waals surface area (Å²) in [5, 5.41) is 7.11. The average Bonchev–Trinajstić information content (AvgIpc) is 3.02.